The van der Waals surface area contributed by atoms with Gasteiger partial charge in [-0.25, -0.2) is 9.97 Å². The Morgan fingerprint density at radius 2 is 0.695 bits per heavy atom. The van der Waals surface area contributed by atoms with Crippen molar-refractivity contribution in [2.75, 3.05) is 19.8 Å². The molecule has 17 nitrogen and oxygen atoms in total. The molecule has 4 N–H and O–H groups in total. The number of amides is 3. The molecule has 0 spiro atoms. The Hall–Kier alpha value is -9.07. The van der Waals surface area contributed by atoms with Crippen molar-refractivity contribution in [2.24, 2.45) is 0 Å². The van der Waals surface area contributed by atoms with Crippen molar-refractivity contribution in [3.8, 4) is 69.3 Å². The third-order valence-electron chi connectivity index (χ3n) is 10.7. The predicted octanol–water partition coefficient (Wildman–Crippen LogP) is 12.0. The average molecular weight is 1150 g/mol. The van der Waals surface area contributed by atoms with E-state index >= 15 is 0 Å². The number of phenolic OH excluding ortho intramolecular Hbond substituents is 1. The van der Waals surface area contributed by atoms with Gasteiger partial charge in [0.25, 0.3) is 0 Å². The molecule has 0 bridgehead atoms. The second kappa shape index (κ2) is 35.5. The van der Waals surface area contributed by atoms with E-state index in [0.29, 0.717) is 79.3 Å². The fraction of sp³-hybridized carbons (Fsp3) is 0.222. The Kier molecular flexibility index (Phi) is 28.4. The van der Waals surface area contributed by atoms with Crippen molar-refractivity contribution < 1.29 is 57.4 Å². The van der Waals surface area contributed by atoms with E-state index < -0.39 is 0 Å². The van der Waals surface area contributed by atoms with E-state index in [0.717, 1.165) is 28.4 Å². The van der Waals surface area contributed by atoms with E-state index in [9.17, 15) is 19.5 Å². The summed E-state index contributed by atoms with van der Waals surface area (Å²) in [5.74, 6) is 7.03. The Labute approximate surface area is 493 Å². The maximum atomic E-state index is 11.0. The number of rotatable bonds is 24. The summed E-state index contributed by atoms with van der Waals surface area (Å²) in [5.41, 5.74) is 2.21. The van der Waals surface area contributed by atoms with Crippen molar-refractivity contribution in [3.05, 3.63) is 206 Å². The average Bonchev–Trinajstić information content (AvgIpc) is 3.45. The molecule has 3 amide bonds. The van der Waals surface area contributed by atoms with Crippen LogP contribution in [0.25, 0.3) is 0 Å². The van der Waals surface area contributed by atoms with Gasteiger partial charge in [-0.2, -0.15) is 27.0 Å². The number of carbonyl (C=O) groups is 3. The number of nitrogens with one attached hydrogen (secondary N) is 3. The molecule has 0 fully saturated rings. The minimum Gasteiger partial charge on any atom is -0.508 e. The molecule has 0 saturated heterocycles. The van der Waals surface area contributed by atoms with Crippen LogP contribution >= 0.6 is 27.0 Å². The zero-order valence-corrected chi connectivity index (χ0v) is 48.6. The number of phenols is 1. The van der Waals surface area contributed by atoms with Crippen LogP contribution in [0.2, 0.25) is 0 Å². The fourth-order valence-electron chi connectivity index (χ4n) is 7.05. The van der Waals surface area contributed by atoms with Crippen LogP contribution in [0.4, 0.5) is 0 Å². The molecular formula is C63H71N5O12S2. The van der Waals surface area contributed by atoms with E-state index in [1.54, 1.807) is 42.7 Å². The van der Waals surface area contributed by atoms with Crippen molar-refractivity contribution in [3.63, 3.8) is 0 Å². The molecule has 0 aliphatic carbocycles. The third kappa shape index (κ3) is 25.8. The van der Waals surface area contributed by atoms with E-state index in [1.165, 1.54) is 32.9 Å². The molecule has 8 aromatic rings. The summed E-state index contributed by atoms with van der Waals surface area (Å²) in [5, 5.41) is 17.5. The summed E-state index contributed by atoms with van der Waals surface area (Å²) < 4.78 is 45.5. The van der Waals surface area contributed by atoms with Gasteiger partial charge in [0.15, 0.2) is 0 Å². The van der Waals surface area contributed by atoms with Crippen molar-refractivity contribution in [2.45, 2.75) is 72.9 Å². The van der Waals surface area contributed by atoms with Gasteiger partial charge in [-0.15, -0.1) is 0 Å². The molecule has 6 aromatic carbocycles. The molecule has 0 aliphatic rings. The molecule has 432 valence electrons. The number of hydrogen-bond donors (Lipinski definition) is 4. The van der Waals surface area contributed by atoms with Gasteiger partial charge in [0, 0.05) is 32.9 Å². The predicted molar refractivity (Wildman–Crippen MR) is 325 cm³/mol. The smallest absolute Gasteiger partial charge is 0.219 e. The standard InChI is InChI=1S/C24H25NO4.C23H24N2O4.C16H18N2O4.2H2S/c1-18(25-19(2)26)16-27-21-8-12-23(13-9-21)29-24-14-10-22(11-15-24)28-17-20-6-4-3-5-7-20;1-17(25-18(2)26)15-27-20-8-10-21(11-9-20)29-22-12-13-23(24-14-22)28-16-19-6-4-3-5-7-19;1-11(18-12(2)19)10-21-15-7-8-16(17-9-15)22-14-5-3-13(20)4-6-14;;/h3-15,18H,16-17H2,1-2H3,(H,25,26);3-14,17H,15-16H2,1-2H3,(H,25,26);3-9,11,20H,10H2,1-2H3,(H,18,19);2*1H2/t;17-;11-;;/m.00../s1. The van der Waals surface area contributed by atoms with Gasteiger partial charge in [0.2, 0.25) is 29.5 Å². The van der Waals surface area contributed by atoms with Gasteiger partial charge in [0.05, 0.1) is 30.5 Å². The Morgan fingerprint density at radius 1 is 0.378 bits per heavy atom. The largest absolute Gasteiger partial charge is 0.508 e. The molecule has 3 atom stereocenters. The number of aromatic nitrogens is 2. The molecule has 8 rings (SSSR count). The molecule has 2 heterocycles. The van der Waals surface area contributed by atoms with Crippen LogP contribution in [0, 0.1) is 0 Å². The summed E-state index contributed by atoms with van der Waals surface area (Å²) in [6, 6.07) is 55.4. The third-order valence-corrected chi connectivity index (χ3v) is 10.7. The van der Waals surface area contributed by atoms with Gasteiger partial charge < -0.3 is 59.0 Å². The lowest BCUT2D eigenvalue weighted by Gasteiger charge is -2.14. The van der Waals surface area contributed by atoms with E-state index in [-0.39, 0.29) is 68.6 Å². The van der Waals surface area contributed by atoms with Crippen molar-refractivity contribution in [1.82, 2.24) is 25.9 Å². The van der Waals surface area contributed by atoms with Crippen LogP contribution in [0.15, 0.2) is 194 Å². The molecule has 0 radical (unpaired) electrons. The fourth-order valence-corrected chi connectivity index (χ4v) is 7.05. The highest BCUT2D eigenvalue weighted by Gasteiger charge is 2.09. The number of nitrogens with zero attached hydrogens (tertiary/aromatic N) is 2. The van der Waals surface area contributed by atoms with Gasteiger partial charge in [-0.3, -0.25) is 14.4 Å². The van der Waals surface area contributed by atoms with Crippen LogP contribution in [0.3, 0.4) is 0 Å². The normalized spacial score (nSPS) is 11.1. The number of benzene rings is 6. The first-order chi connectivity index (χ1) is 38.7. The van der Waals surface area contributed by atoms with E-state index in [4.69, 9.17) is 37.9 Å². The number of hydrogen-bond acceptors (Lipinski definition) is 14. The van der Waals surface area contributed by atoms with Crippen LogP contribution in [-0.2, 0) is 27.6 Å². The molecule has 0 aliphatic heterocycles. The van der Waals surface area contributed by atoms with Crippen molar-refractivity contribution >= 4 is 44.7 Å². The maximum Gasteiger partial charge on any atom is 0.219 e. The molecule has 2 aromatic heterocycles. The second-order valence-corrected chi connectivity index (χ2v) is 18.2. The maximum absolute atomic E-state index is 11.0. The number of ether oxygens (including phenoxy) is 8. The first-order valence-corrected chi connectivity index (χ1v) is 25.8. The Bertz CT molecular complexity index is 2920. The van der Waals surface area contributed by atoms with Crippen LogP contribution in [0.5, 0.6) is 69.3 Å². The summed E-state index contributed by atoms with van der Waals surface area (Å²) in [6.07, 6.45) is 3.18. The zero-order valence-electron chi connectivity index (χ0n) is 46.6. The number of carbonyl (C=O) groups excluding carboxylic acids is 3. The minimum atomic E-state index is -0.0909. The SMILES string of the molecule is CC(=O)NC(C)COc1ccc(Oc2ccc(OCc3ccccc3)cc2)cc1.CC(=O)N[C@@H](C)COc1ccc(Oc2ccc(O)cc2)nc1.CC(=O)N[C@@H](C)COc1ccc(Oc2ccc(OCc3ccccc3)nc2)cc1.S.S. The van der Waals surface area contributed by atoms with Crippen LogP contribution < -0.4 is 53.8 Å². The lowest BCUT2D eigenvalue weighted by Crippen LogP contribution is -2.35. The minimum absolute atomic E-state index is 0. The second-order valence-electron chi connectivity index (χ2n) is 18.2. The molecule has 1 unspecified atom stereocenters. The van der Waals surface area contributed by atoms with Gasteiger partial charge in [-0.05, 0) is 141 Å². The van der Waals surface area contributed by atoms with Gasteiger partial charge in [-0.1, -0.05) is 60.7 Å². The Morgan fingerprint density at radius 3 is 1.10 bits per heavy atom. The summed E-state index contributed by atoms with van der Waals surface area (Å²) in [6.45, 7) is 12.2. The zero-order chi connectivity index (χ0) is 56.9. The molecule has 82 heavy (non-hydrogen) atoms. The molecular weight excluding hydrogens is 1080 g/mol. The van der Waals surface area contributed by atoms with Crippen LogP contribution in [0.1, 0.15) is 52.7 Å². The Balaban J connectivity index is 0.000000264. The highest BCUT2D eigenvalue weighted by atomic mass is 32.1. The first-order valence-electron chi connectivity index (χ1n) is 25.8. The van der Waals surface area contributed by atoms with E-state index in [1.807, 2.05) is 160 Å². The summed E-state index contributed by atoms with van der Waals surface area (Å²) in [7, 11) is 0. The lowest BCUT2D eigenvalue weighted by atomic mass is 10.2. The molecule has 19 heteroatoms. The van der Waals surface area contributed by atoms with E-state index in [2.05, 4.69) is 25.9 Å². The highest BCUT2D eigenvalue weighted by molar-refractivity contribution is 7.59. The monoisotopic (exact) mass is 1150 g/mol. The number of aromatic hydroxyl groups is 1. The molecule has 0 saturated carbocycles. The van der Waals surface area contributed by atoms with Gasteiger partial charge in [0.1, 0.15) is 90.5 Å². The summed E-state index contributed by atoms with van der Waals surface area (Å²) in [4.78, 5) is 41.3. The quantitative estimate of drug-likeness (QED) is 0.0444. The number of pyridine rings is 2. The van der Waals surface area contributed by atoms with Crippen molar-refractivity contribution in [1.29, 1.82) is 0 Å². The lowest BCUT2D eigenvalue weighted by molar-refractivity contribution is -0.120. The topological polar surface area (TPSA) is 207 Å². The highest BCUT2D eigenvalue weighted by Crippen LogP contribution is 2.28. The summed E-state index contributed by atoms with van der Waals surface area (Å²) >= 11 is 0. The van der Waals surface area contributed by atoms with Crippen LogP contribution in [-0.4, -0.2) is 70.7 Å². The first kappa shape index (κ1) is 65.4. The van der Waals surface area contributed by atoms with Gasteiger partial charge >= 0.3 is 0 Å².